The summed E-state index contributed by atoms with van der Waals surface area (Å²) in [5, 5.41) is 2.93. The Morgan fingerprint density at radius 3 is 2.50 bits per heavy atom. The van der Waals surface area contributed by atoms with Crippen molar-refractivity contribution in [3.8, 4) is 5.75 Å². The summed E-state index contributed by atoms with van der Waals surface area (Å²) in [7, 11) is 0. The zero-order valence-corrected chi connectivity index (χ0v) is 11.2. The first kappa shape index (κ1) is 16.1. The third kappa shape index (κ3) is 6.86. The van der Waals surface area contributed by atoms with Gasteiger partial charge in [-0.1, -0.05) is 19.1 Å². The summed E-state index contributed by atoms with van der Waals surface area (Å²) in [6.07, 6.45) is -3.39. The summed E-state index contributed by atoms with van der Waals surface area (Å²) in [4.78, 5) is 4.11. The van der Waals surface area contributed by atoms with Crippen LogP contribution in [0.1, 0.15) is 18.9 Å². The Labute approximate surface area is 115 Å². The summed E-state index contributed by atoms with van der Waals surface area (Å²) < 4.78 is 40.5. The number of aliphatic imine (C=N–C) groups is 1. The number of nitrogens with zero attached hydrogens (tertiary/aromatic N) is 1. The van der Waals surface area contributed by atoms with Gasteiger partial charge in [-0.05, 0) is 24.1 Å². The molecule has 0 aromatic heterocycles. The van der Waals surface area contributed by atoms with Gasteiger partial charge in [0, 0.05) is 6.54 Å². The fourth-order valence-corrected chi connectivity index (χ4v) is 1.34. The zero-order valence-electron chi connectivity index (χ0n) is 11.2. The molecule has 1 aromatic rings. The second-order valence-electron chi connectivity index (χ2n) is 4.18. The van der Waals surface area contributed by atoms with E-state index in [9.17, 15) is 13.2 Å². The Hall–Kier alpha value is -1.92. The van der Waals surface area contributed by atoms with Crippen LogP contribution in [0.5, 0.6) is 5.75 Å². The normalized spacial score (nSPS) is 12.3. The van der Waals surface area contributed by atoms with E-state index in [0.717, 1.165) is 18.5 Å². The molecule has 0 aliphatic heterocycles. The molecule has 112 valence electrons. The van der Waals surface area contributed by atoms with Crippen LogP contribution in [0, 0.1) is 0 Å². The van der Waals surface area contributed by atoms with Crippen LogP contribution >= 0.6 is 0 Å². The first-order chi connectivity index (χ1) is 9.40. The Morgan fingerprint density at radius 1 is 1.30 bits per heavy atom. The molecule has 1 rings (SSSR count). The molecule has 0 saturated carbocycles. The van der Waals surface area contributed by atoms with E-state index in [1.807, 2.05) is 6.92 Å². The van der Waals surface area contributed by atoms with Gasteiger partial charge < -0.3 is 15.8 Å². The molecule has 0 bridgehead atoms. The molecule has 0 atom stereocenters. The average molecular weight is 289 g/mol. The van der Waals surface area contributed by atoms with Crippen LogP contribution in [0.4, 0.5) is 13.2 Å². The van der Waals surface area contributed by atoms with Crippen molar-refractivity contribution in [1.82, 2.24) is 5.32 Å². The van der Waals surface area contributed by atoms with Crippen LogP contribution in [-0.4, -0.2) is 25.3 Å². The minimum absolute atomic E-state index is 0.173. The minimum atomic E-state index is -4.33. The maximum atomic E-state index is 12.0. The molecule has 0 aliphatic rings. The molecule has 0 amide bonds. The van der Waals surface area contributed by atoms with Crippen LogP contribution in [0.2, 0.25) is 0 Å². The predicted octanol–water partition coefficient (Wildman–Crippen LogP) is 2.44. The predicted molar refractivity (Wildman–Crippen MR) is 71.6 cm³/mol. The van der Waals surface area contributed by atoms with Crippen molar-refractivity contribution in [2.45, 2.75) is 26.1 Å². The van der Waals surface area contributed by atoms with Crippen molar-refractivity contribution in [3.63, 3.8) is 0 Å². The topological polar surface area (TPSA) is 59.6 Å². The Kier molecular flexibility index (Phi) is 6.14. The molecule has 0 spiro atoms. The molecule has 0 saturated heterocycles. The van der Waals surface area contributed by atoms with E-state index in [-0.39, 0.29) is 5.75 Å². The quantitative estimate of drug-likeness (QED) is 0.624. The van der Waals surface area contributed by atoms with Crippen LogP contribution < -0.4 is 15.8 Å². The largest absolute Gasteiger partial charge is 0.484 e. The number of guanidine groups is 1. The molecular weight excluding hydrogens is 271 g/mol. The minimum Gasteiger partial charge on any atom is -0.484 e. The van der Waals surface area contributed by atoms with Gasteiger partial charge in [0.25, 0.3) is 0 Å². The number of benzene rings is 1. The van der Waals surface area contributed by atoms with Gasteiger partial charge in [-0.2, -0.15) is 13.2 Å². The number of hydrogen-bond acceptors (Lipinski definition) is 2. The van der Waals surface area contributed by atoms with Gasteiger partial charge in [-0.15, -0.1) is 0 Å². The maximum Gasteiger partial charge on any atom is 0.422 e. The smallest absolute Gasteiger partial charge is 0.422 e. The van der Waals surface area contributed by atoms with E-state index >= 15 is 0 Å². The number of nitrogens with two attached hydrogens (primary N) is 1. The van der Waals surface area contributed by atoms with Crippen molar-refractivity contribution >= 4 is 5.96 Å². The van der Waals surface area contributed by atoms with Gasteiger partial charge >= 0.3 is 6.18 Å². The number of halogens is 3. The SMILES string of the molecule is CCCNC(N)=NCc1ccc(OCC(F)(F)F)cc1. The number of rotatable bonds is 6. The second-order valence-corrected chi connectivity index (χ2v) is 4.18. The molecule has 0 unspecified atom stereocenters. The monoisotopic (exact) mass is 289 g/mol. The second kappa shape index (κ2) is 7.62. The summed E-state index contributed by atoms with van der Waals surface area (Å²) in [5.74, 6) is 0.524. The van der Waals surface area contributed by atoms with Crippen molar-refractivity contribution in [1.29, 1.82) is 0 Å². The molecule has 1 aromatic carbocycles. The van der Waals surface area contributed by atoms with E-state index < -0.39 is 12.8 Å². The third-order valence-electron chi connectivity index (χ3n) is 2.31. The van der Waals surface area contributed by atoms with Gasteiger partial charge in [0.2, 0.25) is 0 Å². The Bertz CT molecular complexity index is 429. The molecule has 0 aliphatic carbocycles. The lowest BCUT2D eigenvalue weighted by Crippen LogP contribution is -2.32. The molecule has 0 radical (unpaired) electrons. The first-order valence-electron chi connectivity index (χ1n) is 6.23. The van der Waals surface area contributed by atoms with Crippen molar-refractivity contribution in [2.24, 2.45) is 10.7 Å². The Balaban J connectivity index is 2.46. The summed E-state index contributed by atoms with van der Waals surface area (Å²) >= 11 is 0. The number of ether oxygens (including phenoxy) is 1. The summed E-state index contributed by atoms with van der Waals surface area (Å²) in [5.41, 5.74) is 6.46. The molecular formula is C13H18F3N3O. The zero-order chi connectivity index (χ0) is 15.0. The number of hydrogen-bond donors (Lipinski definition) is 2. The number of alkyl halides is 3. The van der Waals surface area contributed by atoms with E-state index in [1.54, 1.807) is 12.1 Å². The van der Waals surface area contributed by atoms with Gasteiger partial charge in [-0.25, -0.2) is 4.99 Å². The maximum absolute atomic E-state index is 12.0. The average Bonchev–Trinajstić information content (AvgIpc) is 2.41. The fourth-order valence-electron chi connectivity index (χ4n) is 1.34. The molecule has 20 heavy (non-hydrogen) atoms. The lowest BCUT2D eigenvalue weighted by atomic mass is 10.2. The highest BCUT2D eigenvalue weighted by Gasteiger charge is 2.28. The van der Waals surface area contributed by atoms with Gasteiger partial charge in [0.05, 0.1) is 6.54 Å². The van der Waals surface area contributed by atoms with Crippen molar-refractivity contribution in [3.05, 3.63) is 29.8 Å². The highest BCUT2D eigenvalue weighted by molar-refractivity contribution is 5.77. The highest BCUT2D eigenvalue weighted by Crippen LogP contribution is 2.18. The first-order valence-corrected chi connectivity index (χ1v) is 6.23. The van der Waals surface area contributed by atoms with Gasteiger partial charge in [0.15, 0.2) is 12.6 Å². The van der Waals surface area contributed by atoms with Crippen molar-refractivity contribution < 1.29 is 17.9 Å². The molecule has 0 heterocycles. The lowest BCUT2D eigenvalue weighted by molar-refractivity contribution is -0.153. The lowest BCUT2D eigenvalue weighted by Gasteiger charge is -2.09. The summed E-state index contributed by atoms with van der Waals surface area (Å²) in [6, 6.07) is 6.27. The van der Waals surface area contributed by atoms with E-state index in [0.29, 0.717) is 12.5 Å². The van der Waals surface area contributed by atoms with Crippen LogP contribution in [0.25, 0.3) is 0 Å². The molecule has 3 N–H and O–H groups in total. The Morgan fingerprint density at radius 2 is 1.95 bits per heavy atom. The van der Waals surface area contributed by atoms with E-state index in [4.69, 9.17) is 5.73 Å². The highest BCUT2D eigenvalue weighted by atomic mass is 19.4. The van der Waals surface area contributed by atoms with Crippen LogP contribution in [0.3, 0.4) is 0 Å². The van der Waals surface area contributed by atoms with Crippen LogP contribution in [-0.2, 0) is 6.54 Å². The molecule has 7 heteroatoms. The van der Waals surface area contributed by atoms with Crippen molar-refractivity contribution in [2.75, 3.05) is 13.2 Å². The standard InChI is InChI=1S/C13H18F3N3O/c1-2-7-18-12(17)19-8-10-3-5-11(6-4-10)20-9-13(14,15)16/h3-6H,2,7-9H2,1H3,(H3,17,18,19). The van der Waals surface area contributed by atoms with E-state index in [1.165, 1.54) is 12.1 Å². The van der Waals surface area contributed by atoms with E-state index in [2.05, 4.69) is 15.0 Å². The van der Waals surface area contributed by atoms with Gasteiger partial charge in [-0.3, -0.25) is 0 Å². The molecule has 4 nitrogen and oxygen atoms in total. The molecule has 0 fully saturated rings. The fraction of sp³-hybridized carbons (Fsp3) is 0.462. The summed E-state index contributed by atoms with van der Waals surface area (Å²) in [6.45, 7) is 1.83. The van der Waals surface area contributed by atoms with Gasteiger partial charge in [0.1, 0.15) is 5.75 Å². The third-order valence-corrected chi connectivity index (χ3v) is 2.31. The number of nitrogens with one attached hydrogen (secondary N) is 1. The van der Waals surface area contributed by atoms with Crippen LogP contribution in [0.15, 0.2) is 29.3 Å².